The largest absolute Gasteiger partial charge is 0.347 e. The lowest BCUT2D eigenvalue weighted by molar-refractivity contribution is 0.102. The molecule has 5 nitrogen and oxygen atoms in total. The molecule has 110 valence electrons. The number of rotatable bonds is 3. The van der Waals surface area contributed by atoms with Gasteiger partial charge in [-0.05, 0) is 44.0 Å². The molecule has 1 heterocycles. The first-order valence-corrected chi connectivity index (χ1v) is 6.77. The summed E-state index contributed by atoms with van der Waals surface area (Å²) >= 11 is 0. The summed E-state index contributed by atoms with van der Waals surface area (Å²) in [6.45, 7) is 5.82. The van der Waals surface area contributed by atoms with Crippen molar-refractivity contribution >= 4 is 17.5 Å². The molecule has 0 radical (unpaired) electrons. The van der Waals surface area contributed by atoms with E-state index in [1.54, 1.807) is 11.1 Å². The van der Waals surface area contributed by atoms with Gasteiger partial charge in [0, 0.05) is 26.0 Å². The van der Waals surface area contributed by atoms with Gasteiger partial charge in [0.05, 0.1) is 11.3 Å². The summed E-state index contributed by atoms with van der Waals surface area (Å²) < 4.78 is 0. The molecule has 0 saturated heterocycles. The second-order valence-corrected chi connectivity index (χ2v) is 5.39. The van der Waals surface area contributed by atoms with Crippen molar-refractivity contribution in [3.63, 3.8) is 0 Å². The fraction of sp³-hybridized carbons (Fsp3) is 0.312. The Bertz CT molecular complexity index is 660. The first-order chi connectivity index (χ1) is 9.86. The molecule has 21 heavy (non-hydrogen) atoms. The minimum absolute atomic E-state index is 0.192. The SMILES string of the molecule is Cc1cc(C)cc(NC(=O)c2cnc(N(C)C)nc2C)c1. The Labute approximate surface area is 125 Å². The van der Waals surface area contributed by atoms with Crippen LogP contribution in [-0.4, -0.2) is 30.0 Å². The fourth-order valence-corrected chi connectivity index (χ4v) is 2.14. The van der Waals surface area contributed by atoms with Crippen LogP contribution in [0.1, 0.15) is 27.2 Å². The van der Waals surface area contributed by atoms with Gasteiger partial charge in [0.25, 0.3) is 5.91 Å². The normalized spacial score (nSPS) is 10.3. The molecular weight excluding hydrogens is 264 g/mol. The van der Waals surface area contributed by atoms with Crippen LogP contribution in [0, 0.1) is 20.8 Å². The maximum absolute atomic E-state index is 12.3. The number of hydrogen-bond acceptors (Lipinski definition) is 4. The predicted molar refractivity (Wildman–Crippen MR) is 85.0 cm³/mol. The zero-order chi connectivity index (χ0) is 15.6. The summed E-state index contributed by atoms with van der Waals surface area (Å²) in [7, 11) is 3.73. The third-order valence-corrected chi connectivity index (χ3v) is 3.09. The van der Waals surface area contributed by atoms with Crippen molar-refractivity contribution in [2.24, 2.45) is 0 Å². The van der Waals surface area contributed by atoms with E-state index in [9.17, 15) is 4.79 Å². The van der Waals surface area contributed by atoms with E-state index >= 15 is 0 Å². The molecule has 0 aliphatic rings. The molecule has 0 atom stereocenters. The summed E-state index contributed by atoms with van der Waals surface area (Å²) in [5.41, 5.74) is 4.16. The van der Waals surface area contributed by atoms with Gasteiger partial charge in [0.15, 0.2) is 0 Å². The van der Waals surface area contributed by atoms with E-state index in [0.717, 1.165) is 16.8 Å². The topological polar surface area (TPSA) is 58.1 Å². The van der Waals surface area contributed by atoms with Crippen LogP contribution in [0.5, 0.6) is 0 Å². The minimum atomic E-state index is -0.192. The van der Waals surface area contributed by atoms with E-state index < -0.39 is 0 Å². The number of carbonyl (C=O) groups is 1. The standard InChI is InChI=1S/C16H20N4O/c1-10-6-11(2)8-13(7-10)19-15(21)14-9-17-16(20(4)5)18-12(14)3/h6-9H,1-5H3,(H,19,21). The maximum atomic E-state index is 12.3. The molecular formula is C16H20N4O. The highest BCUT2D eigenvalue weighted by Gasteiger charge is 2.13. The van der Waals surface area contributed by atoms with Gasteiger partial charge in [0.1, 0.15) is 0 Å². The van der Waals surface area contributed by atoms with Crippen molar-refractivity contribution in [2.45, 2.75) is 20.8 Å². The molecule has 1 N–H and O–H groups in total. The van der Waals surface area contributed by atoms with E-state index in [0.29, 0.717) is 17.2 Å². The van der Waals surface area contributed by atoms with Crippen molar-refractivity contribution in [3.05, 3.63) is 46.8 Å². The molecule has 1 aromatic heterocycles. The molecule has 0 spiro atoms. The van der Waals surface area contributed by atoms with Gasteiger partial charge in [-0.2, -0.15) is 0 Å². The highest BCUT2D eigenvalue weighted by atomic mass is 16.1. The van der Waals surface area contributed by atoms with Gasteiger partial charge >= 0.3 is 0 Å². The number of hydrogen-bond donors (Lipinski definition) is 1. The monoisotopic (exact) mass is 284 g/mol. The number of nitrogens with one attached hydrogen (secondary N) is 1. The van der Waals surface area contributed by atoms with Gasteiger partial charge in [-0.1, -0.05) is 6.07 Å². The molecule has 1 aromatic carbocycles. The van der Waals surface area contributed by atoms with Crippen LogP contribution in [0.25, 0.3) is 0 Å². The Morgan fingerprint density at radius 1 is 1.10 bits per heavy atom. The highest BCUT2D eigenvalue weighted by Crippen LogP contribution is 2.16. The third-order valence-electron chi connectivity index (χ3n) is 3.09. The number of aromatic nitrogens is 2. The van der Waals surface area contributed by atoms with Crippen LogP contribution in [-0.2, 0) is 0 Å². The summed E-state index contributed by atoms with van der Waals surface area (Å²) in [5, 5.41) is 2.90. The van der Waals surface area contributed by atoms with E-state index in [2.05, 4.69) is 21.4 Å². The Balaban J connectivity index is 2.24. The number of nitrogens with zero attached hydrogens (tertiary/aromatic N) is 3. The highest BCUT2D eigenvalue weighted by molar-refractivity contribution is 6.04. The number of aryl methyl sites for hydroxylation is 3. The van der Waals surface area contributed by atoms with Gasteiger partial charge in [-0.15, -0.1) is 0 Å². The summed E-state index contributed by atoms with van der Waals surface area (Å²) in [6, 6.07) is 5.94. The average molecular weight is 284 g/mol. The number of carbonyl (C=O) groups excluding carboxylic acids is 1. The van der Waals surface area contributed by atoms with Crippen molar-refractivity contribution in [1.82, 2.24) is 9.97 Å². The first kappa shape index (κ1) is 15.0. The fourth-order valence-electron chi connectivity index (χ4n) is 2.14. The molecule has 0 bridgehead atoms. The molecule has 1 amide bonds. The maximum Gasteiger partial charge on any atom is 0.259 e. The summed E-state index contributed by atoms with van der Waals surface area (Å²) in [5.74, 6) is 0.401. The van der Waals surface area contributed by atoms with Gasteiger partial charge in [-0.25, -0.2) is 9.97 Å². The third kappa shape index (κ3) is 3.56. The number of amides is 1. The second-order valence-electron chi connectivity index (χ2n) is 5.39. The smallest absolute Gasteiger partial charge is 0.259 e. The lowest BCUT2D eigenvalue weighted by Gasteiger charge is -2.13. The molecule has 2 aromatic rings. The first-order valence-electron chi connectivity index (χ1n) is 6.77. The molecule has 0 fully saturated rings. The van der Waals surface area contributed by atoms with Gasteiger partial charge in [0.2, 0.25) is 5.95 Å². The van der Waals surface area contributed by atoms with Crippen molar-refractivity contribution < 1.29 is 4.79 Å². The van der Waals surface area contributed by atoms with Gasteiger partial charge in [-0.3, -0.25) is 4.79 Å². The molecule has 5 heteroatoms. The number of anilines is 2. The quantitative estimate of drug-likeness (QED) is 0.941. The van der Waals surface area contributed by atoms with Crippen LogP contribution in [0.4, 0.5) is 11.6 Å². The Hall–Kier alpha value is -2.43. The lowest BCUT2D eigenvalue weighted by atomic mass is 10.1. The van der Waals surface area contributed by atoms with E-state index in [1.807, 2.05) is 47.0 Å². The van der Waals surface area contributed by atoms with Crippen molar-refractivity contribution in [2.75, 3.05) is 24.3 Å². The molecule has 0 aliphatic carbocycles. The summed E-state index contributed by atoms with van der Waals surface area (Å²) in [6.07, 6.45) is 1.57. The molecule has 2 rings (SSSR count). The summed E-state index contributed by atoms with van der Waals surface area (Å²) in [4.78, 5) is 22.7. The van der Waals surface area contributed by atoms with Crippen LogP contribution in [0.3, 0.4) is 0 Å². The van der Waals surface area contributed by atoms with E-state index in [-0.39, 0.29) is 5.91 Å². The number of benzene rings is 1. The van der Waals surface area contributed by atoms with Crippen LogP contribution in [0.2, 0.25) is 0 Å². The molecule has 0 unspecified atom stereocenters. The van der Waals surface area contributed by atoms with Crippen LogP contribution in [0.15, 0.2) is 24.4 Å². The molecule has 0 saturated carbocycles. The van der Waals surface area contributed by atoms with Crippen LogP contribution < -0.4 is 10.2 Å². The van der Waals surface area contributed by atoms with Crippen molar-refractivity contribution in [3.8, 4) is 0 Å². The predicted octanol–water partition coefficient (Wildman–Crippen LogP) is 2.72. The molecule has 0 aliphatic heterocycles. The van der Waals surface area contributed by atoms with Gasteiger partial charge < -0.3 is 10.2 Å². The van der Waals surface area contributed by atoms with Crippen molar-refractivity contribution in [1.29, 1.82) is 0 Å². The van der Waals surface area contributed by atoms with E-state index in [4.69, 9.17) is 0 Å². The second kappa shape index (κ2) is 5.91. The average Bonchev–Trinajstić information content (AvgIpc) is 2.36. The zero-order valence-electron chi connectivity index (χ0n) is 13.1. The van der Waals surface area contributed by atoms with E-state index in [1.165, 1.54) is 0 Å². The Morgan fingerprint density at radius 2 is 1.71 bits per heavy atom. The Kier molecular flexibility index (Phi) is 4.21. The minimum Gasteiger partial charge on any atom is -0.347 e. The Morgan fingerprint density at radius 3 is 2.24 bits per heavy atom. The lowest BCUT2D eigenvalue weighted by Crippen LogP contribution is -2.18. The zero-order valence-corrected chi connectivity index (χ0v) is 13.1. The van der Waals surface area contributed by atoms with Crippen LogP contribution >= 0.6 is 0 Å².